The van der Waals surface area contributed by atoms with E-state index >= 15 is 0 Å². The van der Waals surface area contributed by atoms with Crippen molar-refractivity contribution in [1.82, 2.24) is 14.7 Å². The molecule has 188 valence electrons. The summed E-state index contributed by atoms with van der Waals surface area (Å²) in [4.78, 5) is 25.3. The highest BCUT2D eigenvalue weighted by molar-refractivity contribution is 5.80. The smallest absolute Gasteiger partial charge is 0.288 e. The van der Waals surface area contributed by atoms with Crippen LogP contribution in [0.5, 0.6) is 0 Å². The van der Waals surface area contributed by atoms with Crippen LogP contribution >= 0.6 is 0 Å². The molecule has 4 rings (SSSR count). The number of hydrogen-bond donors (Lipinski definition) is 0. The second-order valence-corrected chi connectivity index (χ2v) is 10.8. The first-order valence-electron chi connectivity index (χ1n) is 13.5. The maximum atomic E-state index is 13.5. The lowest BCUT2D eigenvalue weighted by atomic mass is 9.84. The maximum absolute atomic E-state index is 13.5. The number of ether oxygens (including phenoxy) is 1. The largest absolute Gasteiger partial charge is 0.455 e. The van der Waals surface area contributed by atoms with E-state index in [9.17, 15) is 4.79 Å². The minimum atomic E-state index is -0.0299. The molecule has 6 nitrogen and oxygen atoms in total. The zero-order valence-corrected chi connectivity index (χ0v) is 21.8. The van der Waals surface area contributed by atoms with E-state index in [0.717, 1.165) is 38.5 Å². The minimum Gasteiger partial charge on any atom is -0.455 e. The Balaban J connectivity index is 1.30. The van der Waals surface area contributed by atoms with Crippen LogP contribution in [0.3, 0.4) is 0 Å². The number of rotatable bonds is 6. The van der Waals surface area contributed by atoms with Crippen molar-refractivity contribution in [3.63, 3.8) is 0 Å². The third-order valence-corrected chi connectivity index (χ3v) is 8.13. The first-order chi connectivity index (χ1) is 16.4. The Hall–Kier alpha value is -2.08. The van der Waals surface area contributed by atoms with Gasteiger partial charge in [-0.2, -0.15) is 0 Å². The van der Waals surface area contributed by atoms with Crippen LogP contribution < -0.4 is 0 Å². The molecule has 3 aliphatic heterocycles. The lowest BCUT2D eigenvalue weighted by Gasteiger charge is -2.42. The normalized spacial score (nSPS) is 27.6. The van der Waals surface area contributed by atoms with Crippen LogP contribution in [0.15, 0.2) is 35.3 Å². The zero-order valence-electron chi connectivity index (χ0n) is 21.8. The van der Waals surface area contributed by atoms with E-state index in [1.165, 1.54) is 31.5 Å². The predicted octanol–water partition coefficient (Wildman–Crippen LogP) is 4.57. The number of carbonyl (C=O) groups excluding carboxylic acids is 1. The van der Waals surface area contributed by atoms with Gasteiger partial charge in [0.15, 0.2) is 0 Å². The van der Waals surface area contributed by atoms with Crippen LogP contribution in [0.1, 0.15) is 72.0 Å². The fraction of sp³-hybridized carbons (Fsp3) is 0.714. The lowest BCUT2D eigenvalue weighted by Crippen LogP contribution is -2.56. The molecule has 0 N–H and O–H groups in total. The summed E-state index contributed by atoms with van der Waals surface area (Å²) < 4.78 is 6.31. The molecular formula is C28H44N4O2. The first kappa shape index (κ1) is 25.0. The Kier molecular flexibility index (Phi) is 8.18. The Morgan fingerprint density at radius 1 is 1.09 bits per heavy atom. The van der Waals surface area contributed by atoms with Gasteiger partial charge in [-0.3, -0.25) is 4.79 Å². The third-order valence-electron chi connectivity index (χ3n) is 8.13. The van der Waals surface area contributed by atoms with Gasteiger partial charge in [0.2, 0.25) is 5.91 Å². The molecule has 6 heteroatoms. The number of aliphatic imine (C=N–C) groups is 1. The highest BCUT2D eigenvalue weighted by atomic mass is 16.5. The van der Waals surface area contributed by atoms with Crippen molar-refractivity contribution in [1.29, 1.82) is 0 Å². The van der Waals surface area contributed by atoms with E-state index in [1.807, 2.05) is 18.2 Å². The zero-order chi connectivity index (χ0) is 24.2. The molecule has 1 aromatic carbocycles. The quantitative estimate of drug-likeness (QED) is 0.614. The van der Waals surface area contributed by atoms with Crippen molar-refractivity contribution >= 4 is 11.9 Å². The molecule has 2 saturated heterocycles. The second kappa shape index (κ2) is 11.1. The van der Waals surface area contributed by atoms with Gasteiger partial charge in [0.1, 0.15) is 6.10 Å². The van der Waals surface area contributed by atoms with Crippen LogP contribution in [0, 0.1) is 11.8 Å². The molecule has 0 saturated carbocycles. The molecule has 0 unspecified atom stereocenters. The Morgan fingerprint density at radius 2 is 1.79 bits per heavy atom. The molecule has 0 spiro atoms. The van der Waals surface area contributed by atoms with Crippen LogP contribution in [0.4, 0.5) is 0 Å². The van der Waals surface area contributed by atoms with Crippen molar-refractivity contribution in [2.75, 3.05) is 32.7 Å². The van der Waals surface area contributed by atoms with Crippen LogP contribution in [0.2, 0.25) is 0 Å². The van der Waals surface area contributed by atoms with Crippen molar-refractivity contribution in [3.8, 4) is 0 Å². The molecule has 1 amide bonds. The SMILES string of the molecule is CC[C@H](CC1CCN(C(C)C)CC1)C(=O)N1CCN(C2=N[C@@H](C)[C@H](c3ccccc3)O2)C[C@H]1C. The number of amidine groups is 1. The average molecular weight is 469 g/mol. The monoisotopic (exact) mass is 468 g/mol. The Morgan fingerprint density at radius 3 is 2.41 bits per heavy atom. The van der Waals surface area contributed by atoms with E-state index < -0.39 is 0 Å². The number of amides is 1. The van der Waals surface area contributed by atoms with E-state index in [0.29, 0.717) is 17.9 Å². The Bertz CT molecular complexity index is 834. The molecular weight excluding hydrogens is 424 g/mol. The van der Waals surface area contributed by atoms with Gasteiger partial charge in [0.25, 0.3) is 6.02 Å². The summed E-state index contributed by atoms with van der Waals surface area (Å²) in [6.07, 6.45) is 4.40. The third kappa shape index (κ3) is 5.59. The molecule has 3 heterocycles. The van der Waals surface area contributed by atoms with Crippen LogP contribution in [0.25, 0.3) is 0 Å². The second-order valence-electron chi connectivity index (χ2n) is 10.8. The predicted molar refractivity (Wildman–Crippen MR) is 138 cm³/mol. The summed E-state index contributed by atoms with van der Waals surface area (Å²) in [6, 6.07) is 12.0. The molecule has 4 atom stereocenters. The van der Waals surface area contributed by atoms with Gasteiger partial charge in [0.05, 0.1) is 6.04 Å². The number of likely N-dealkylation sites (tertiary alicyclic amines) is 1. The van der Waals surface area contributed by atoms with Crippen LogP contribution in [-0.4, -0.2) is 77.5 Å². The number of carbonyl (C=O) groups is 1. The van der Waals surface area contributed by atoms with Gasteiger partial charge >= 0.3 is 0 Å². The summed E-state index contributed by atoms with van der Waals surface area (Å²) in [6.45, 7) is 15.7. The average Bonchev–Trinajstić information content (AvgIpc) is 3.24. The molecule has 3 aliphatic rings. The van der Waals surface area contributed by atoms with Crippen molar-refractivity contribution in [2.24, 2.45) is 16.8 Å². The maximum Gasteiger partial charge on any atom is 0.288 e. The van der Waals surface area contributed by atoms with E-state index in [4.69, 9.17) is 9.73 Å². The highest BCUT2D eigenvalue weighted by Gasteiger charge is 2.37. The number of benzene rings is 1. The lowest BCUT2D eigenvalue weighted by molar-refractivity contribution is -0.140. The van der Waals surface area contributed by atoms with Gasteiger partial charge in [-0.15, -0.1) is 0 Å². The van der Waals surface area contributed by atoms with Crippen molar-refractivity contribution in [2.45, 2.75) is 84.5 Å². The van der Waals surface area contributed by atoms with Gasteiger partial charge < -0.3 is 19.4 Å². The molecule has 34 heavy (non-hydrogen) atoms. The number of piperidine rings is 1. The molecule has 0 bridgehead atoms. The molecule has 2 fully saturated rings. The highest BCUT2D eigenvalue weighted by Crippen LogP contribution is 2.32. The van der Waals surface area contributed by atoms with Crippen molar-refractivity contribution in [3.05, 3.63) is 35.9 Å². The molecule has 0 radical (unpaired) electrons. The van der Waals surface area contributed by atoms with Gasteiger partial charge in [-0.1, -0.05) is 37.3 Å². The first-order valence-corrected chi connectivity index (χ1v) is 13.5. The van der Waals surface area contributed by atoms with Gasteiger partial charge in [-0.25, -0.2) is 4.99 Å². The van der Waals surface area contributed by atoms with Crippen LogP contribution in [-0.2, 0) is 9.53 Å². The fourth-order valence-electron chi connectivity index (χ4n) is 5.87. The standard InChI is InChI=1S/C28H44N4O2/c1-6-24(18-23-12-14-30(15-13-23)20(2)3)27(33)32-17-16-31(19-21(32)4)28-29-22(5)26(34-28)25-10-8-7-9-11-25/h7-11,20-24,26H,6,12-19H2,1-5H3/t21-,22+,24-,26-/m1/s1. The molecule has 1 aromatic rings. The Labute approximate surface area is 206 Å². The summed E-state index contributed by atoms with van der Waals surface area (Å²) in [5.41, 5.74) is 1.17. The minimum absolute atomic E-state index is 0.0299. The van der Waals surface area contributed by atoms with E-state index in [2.05, 4.69) is 61.5 Å². The number of hydrogen-bond acceptors (Lipinski definition) is 5. The summed E-state index contributed by atoms with van der Waals surface area (Å²) >= 11 is 0. The van der Waals surface area contributed by atoms with E-state index in [1.54, 1.807) is 0 Å². The topological polar surface area (TPSA) is 48.4 Å². The summed E-state index contributed by atoms with van der Waals surface area (Å²) in [7, 11) is 0. The van der Waals surface area contributed by atoms with Gasteiger partial charge in [0, 0.05) is 37.6 Å². The molecule has 0 aliphatic carbocycles. The summed E-state index contributed by atoms with van der Waals surface area (Å²) in [5, 5.41) is 0. The van der Waals surface area contributed by atoms with Gasteiger partial charge in [-0.05, 0) is 77.9 Å². The number of piperazine rings is 1. The van der Waals surface area contributed by atoms with E-state index in [-0.39, 0.29) is 24.1 Å². The fourth-order valence-corrected chi connectivity index (χ4v) is 5.87. The molecule has 0 aromatic heterocycles. The van der Waals surface area contributed by atoms with Crippen molar-refractivity contribution < 1.29 is 9.53 Å². The summed E-state index contributed by atoms with van der Waals surface area (Å²) in [5.74, 6) is 1.18. The number of nitrogens with zero attached hydrogens (tertiary/aromatic N) is 4.